The van der Waals surface area contributed by atoms with Crippen LogP contribution in [0.1, 0.15) is 26.2 Å². The Morgan fingerprint density at radius 2 is 2.40 bits per heavy atom. The monoisotopic (exact) mass is 141 g/mol. The second-order valence-electron chi connectivity index (χ2n) is 2.93. The Kier molecular flexibility index (Phi) is 2.72. The summed E-state index contributed by atoms with van der Waals surface area (Å²) in [5.41, 5.74) is 0. The largest absolute Gasteiger partial charge is 0.484 e. The lowest BCUT2D eigenvalue weighted by Crippen LogP contribution is -2.04. The number of hydrogen-bond donors (Lipinski definition) is 0. The van der Waals surface area contributed by atoms with Gasteiger partial charge in [0.1, 0.15) is 0 Å². The highest BCUT2D eigenvalue weighted by molar-refractivity contribution is 5.76. The van der Waals surface area contributed by atoms with E-state index < -0.39 is 0 Å². The number of methoxy groups -OCH3 is 1. The molecule has 0 aliphatic carbocycles. The maximum Gasteiger partial charge on any atom is 0.183 e. The molecule has 0 radical (unpaired) electrons. The molecule has 1 rings (SSSR count). The summed E-state index contributed by atoms with van der Waals surface area (Å²) in [5.74, 6) is 1.69. The average molecular weight is 141 g/mol. The lowest BCUT2D eigenvalue weighted by Gasteiger charge is -2.06. The van der Waals surface area contributed by atoms with Gasteiger partial charge in [-0.05, 0) is 18.8 Å². The SMILES string of the molecule is COC1=NCCCC(C)C1. The van der Waals surface area contributed by atoms with Gasteiger partial charge in [-0.1, -0.05) is 6.92 Å². The number of rotatable bonds is 0. The minimum atomic E-state index is 0.751. The number of nitrogens with zero attached hydrogens (tertiary/aromatic N) is 1. The minimum absolute atomic E-state index is 0.751. The number of aliphatic imine (C=N–C) groups is 1. The van der Waals surface area contributed by atoms with E-state index in [4.69, 9.17) is 4.74 Å². The van der Waals surface area contributed by atoms with Gasteiger partial charge in [0.15, 0.2) is 5.90 Å². The van der Waals surface area contributed by atoms with E-state index in [1.807, 2.05) is 0 Å². The first-order chi connectivity index (χ1) is 4.83. The predicted octanol–water partition coefficient (Wildman–Crippen LogP) is 1.85. The third-order valence-electron chi connectivity index (χ3n) is 1.90. The zero-order chi connectivity index (χ0) is 7.40. The first-order valence-corrected chi connectivity index (χ1v) is 3.90. The molecule has 1 heterocycles. The summed E-state index contributed by atoms with van der Waals surface area (Å²) >= 11 is 0. The van der Waals surface area contributed by atoms with E-state index in [1.165, 1.54) is 12.8 Å². The summed E-state index contributed by atoms with van der Waals surface area (Å²) < 4.78 is 5.09. The van der Waals surface area contributed by atoms with Crippen molar-refractivity contribution in [1.82, 2.24) is 0 Å². The van der Waals surface area contributed by atoms with Crippen molar-refractivity contribution in [3.8, 4) is 0 Å². The van der Waals surface area contributed by atoms with Crippen molar-refractivity contribution in [2.45, 2.75) is 26.2 Å². The molecule has 1 atom stereocenters. The van der Waals surface area contributed by atoms with E-state index >= 15 is 0 Å². The molecule has 0 aromatic carbocycles. The first-order valence-electron chi connectivity index (χ1n) is 3.90. The van der Waals surface area contributed by atoms with Crippen molar-refractivity contribution in [2.24, 2.45) is 10.9 Å². The Balaban J connectivity index is 2.46. The summed E-state index contributed by atoms with van der Waals surface area (Å²) in [6.07, 6.45) is 3.53. The van der Waals surface area contributed by atoms with E-state index in [9.17, 15) is 0 Å². The molecule has 0 amide bonds. The maximum absolute atomic E-state index is 5.09. The fraction of sp³-hybridized carbons (Fsp3) is 0.875. The van der Waals surface area contributed by atoms with Gasteiger partial charge in [-0.2, -0.15) is 0 Å². The fourth-order valence-electron chi connectivity index (χ4n) is 1.26. The van der Waals surface area contributed by atoms with E-state index in [1.54, 1.807) is 7.11 Å². The van der Waals surface area contributed by atoms with E-state index in [0.29, 0.717) is 0 Å². The van der Waals surface area contributed by atoms with Gasteiger partial charge in [-0.15, -0.1) is 0 Å². The van der Waals surface area contributed by atoms with Crippen molar-refractivity contribution >= 4 is 5.90 Å². The number of hydrogen-bond acceptors (Lipinski definition) is 2. The van der Waals surface area contributed by atoms with E-state index in [-0.39, 0.29) is 0 Å². The van der Waals surface area contributed by atoms with Gasteiger partial charge in [0.05, 0.1) is 7.11 Å². The third-order valence-corrected chi connectivity index (χ3v) is 1.90. The van der Waals surface area contributed by atoms with Crippen LogP contribution in [0.25, 0.3) is 0 Å². The summed E-state index contributed by atoms with van der Waals surface area (Å²) in [6, 6.07) is 0. The predicted molar refractivity (Wildman–Crippen MR) is 42.3 cm³/mol. The average Bonchev–Trinajstić information content (AvgIpc) is 2.13. The standard InChI is InChI=1S/C8H15NO/c1-7-4-3-5-9-8(6-7)10-2/h7H,3-6H2,1-2H3. The van der Waals surface area contributed by atoms with Gasteiger partial charge in [0.25, 0.3) is 0 Å². The van der Waals surface area contributed by atoms with Gasteiger partial charge >= 0.3 is 0 Å². The first kappa shape index (κ1) is 7.58. The van der Waals surface area contributed by atoms with E-state index in [2.05, 4.69) is 11.9 Å². The molecule has 2 nitrogen and oxygen atoms in total. The van der Waals surface area contributed by atoms with Gasteiger partial charge in [0.2, 0.25) is 0 Å². The van der Waals surface area contributed by atoms with Gasteiger partial charge in [-0.25, -0.2) is 0 Å². The van der Waals surface area contributed by atoms with Gasteiger partial charge in [-0.3, -0.25) is 4.99 Å². The van der Waals surface area contributed by atoms with Crippen LogP contribution in [0.3, 0.4) is 0 Å². The van der Waals surface area contributed by atoms with Crippen LogP contribution in [0.5, 0.6) is 0 Å². The van der Waals surface area contributed by atoms with Crippen LogP contribution in [0.2, 0.25) is 0 Å². The van der Waals surface area contributed by atoms with Crippen LogP contribution >= 0.6 is 0 Å². The Morgan fingerprint density at radius 3 is 3.10 bits per heavy atom. The Morgan fingerprint density at radius 1 is 1.60 bits per heavy atom. The molecule has 0 saturated heterocycles. The Bertz CT molecular complexity index is 131. The molecule has 0 N–H and O–H groups in total. The molecular weight excluding hydrogens is 126 g/mol. The topological polar surface area (TPSA) is 21.6 Å². The summed E-state index contributed by atoms with van der Waals surface area (Å²) in [7, 11) is 1.71. The number of ether oxygens (including phenoxy) is 1. The second-order valence-corrected chi connectivity index (χ2v) is 2.93. The van der Waals surface area contributed by atoms with Crippen LogP contribution < -0.4 is 0 Å². The van der Waals surface area contributed by atoms with Gasteiger partial charge in [0, 0.05) is 13.0 Å². The highest BCUT2D eigenvalue weighted by Gasteiger charge is 2.10. The molecule has 1 unspecified atom stereocenters. The van der Waals surface area contributed by atoms with Crippen LogP contribution in [0.4, 0.5) is 0 Å². The van der Waals surface area contributed by atoms with Crippen LogP contribution in [-0.4, -0.2) is 19.6 Å². The van der Waals surface area contributed by atoms with Crippen molar-refractivity contribution in [3.63, 3.8) is 0 Å². The molecule has 0 bridgehead atoms. The molecule has 0 fully saturated rings. The molecule has 1 aliphatic heterocycles. The Hall–Kier alpha value is -0.530. The molecule has 1 aliphatic rings. The van der Waals surface area contributed by atoms with Crippen LogP contribution in [0, 0.1) is 5.92 Å². The quantitative estimate of drug-likeness (QED) is 0.504. The third kappa shape index (κ3) is 2.01. The molecule has 0 saturated carbocycles. The lowest BCUT2D eigenvalue weighted by molar-refractivity contribution is 0.377. The zero-order valence-corrected chi connectivity index (χ0v) is 6.76. The molecule has 10 heavy (non-hydrogen) atoms. The fourth-order valence-corrected chi connectivity index (χ4v) is 1.26. The highest BCUT2D eigenvalue weighted by atomic mass is 16.5. The van der Waals surface area contributed by atoms with Crippen molar-refractivity contribution in [1.29, 1.82) is 0 Å². The molecular formula is C8H15NO. The summed E-state index contributed by atoms with van der Waals surface area (Å²) in [4.78, 5) is 4.29. The van der Waals surface area contributed by atoms with Crippen molar-refractivity contribution < 1.29 is 4.74 Å². The normalized spacial score (nSPS) is 27.0. The summed E-state index contributed by atoms with van der Waals surface area (Å²) in [5, 5.41) is 0. The Labute approximate surface area is 62.3 Å². The molecule has 58 valence electrons. The van der Waals surface area contributed by atoms with Crippen LogP contribution in [-0.2, 0) is 4.74 Å². The molecule has 0 spiro atoms. The van der Waals surface area contributed by atoms with Crippen molar-refractivity contribution in [2.75, 3.05) is 13.7 Å². The van der Waals surface area contributed by atoms with Crippen molar-refractivity contribution in [3.05, 3.63) is 0 Å². The molecule has 2 heteroatoms. The van der Waals surface area contributed by atoms with E-state index in [0.717, 1.165) is 24.8 Å². The maximum atomic E-state index is 5.09. The highest BCUT2D eigenvalue weighted by Crippen LogP contribution is 2.14. The smallest absolute Gasteiger partial charge is 0.183 e. The second kappa shape index (κ2) is 3.59. The van der Waals surface area contributed by atoms with Crippen LogP contribution in [0.15, 0.2) is 4.99 Å². The molecule has 0 aromatic rings. The minimum Gasteiger partial charge on any atom is -0.484 e. The van der Waals surface area contributed by atoms with Gasteiger partial charge < -0.3 is 4.74 Å². The summed E-state index contributed by atoms with van der Waals surface area (Å²) in [6.45, 7) is 3.20. The molecule has 0 aromatic heterocycles. The lowest BCUT2D eigenvalue weighted by atomic mass is 10.0. The zero-order valence-electron chi connectivity index (χ0n) is 6.76.